The van der Waals surface area contributed by atoms with Gasteiger partial charge in [-0.25, -0.2) is 0 Å². The minimum absolute atomic E-state index is 0.0938. The highest BCUT2D eigenvalue weighted by Crippen LogP contribution is 1.65. The van der Waals surface area contributed by atoms with Crippen molar-refractivity contribution in [3.05, 3.63) is 0 Å². The molecule has 0 spiro atoms. The van der Waals surface area contributed by atoms with Crippen LogP contribution in [0.4, 0.5) is 0 Å². The van der Waals surface area contributed by atoms with E-state index in [1.165, 1.54) is 13.8 Å². The fraction of sp³-hybridized carbons (Fsp3) is 0.833. The van der Waals surface area contributed by atoms with E-state index in [0.29, 0.717) is 6.42 Å². The van der Waals surface area contributed by atoms with E-state index in [0.717, 1.165) is 0 Å². The summed E-state index contributed by atoms with van der Waals surface area (Å²) in [4.78, 5) is 9.44. The molecule has 0 saturated carbocycles. The Bertz CT molecular complexity index is 55.3. The number of aliphatic hydroxyl groups excluding tert-OH is 2. The van der Waals surface area contributed by atoms with E-state index in [2.05, 4.69) is 0 Å². The van der Waals surface area contributed by atoms with Gasteiger partial charge in [0.15, 0.2) is 0 Å². The Hall–Kier alpha value is -0.410. The summed E-state index contributed by atoms with van der Waals surface area (Å²) in [6.07, 6.45) is 0.500. The molecule has 0 bridgehead atoms. The topological polar surface area (TPSA) is 57.5 Å². The maximum atomic E-state index is 9.44. The van der Waals surface area contributed by atoms with Crippen LogP contribution >= 0.6 is 0 Å². The molecule has 0 aliphatic carbocycles. The van der Waals surface area contributed by atoms with Crippen LogP contribution in [0.25, 0.3) is 0 Å². The van der Waals surface area contributed by atoms with Crippen molar-refractivity contribution in [2.24, 2.45) is 0 Å². The molecule has 3 heteroatoms. The van der Waals surface area contributed by atoms with Crippen molar-refractivity contribution in [1.82, 2.24) is 0 Å². The predicted octanol–water partition coefficient (Wildman–Crippen LogP) is -0.0436. The van der Waals surface area contributed by atoms with Gasteiger partial charge in [0.2, 0.25) is 0 Å². The number of aliphatic hydroxyl groups is 2. The standard InChI is InChI=1S/C3H8O2.C3H6O/c4-2-1-3-5;1-3(2)4/h4-5H,1-3H2;1-2H3. The molecule has 0 unspecified atom stereocenters. The van der Waals surface area contributed by atoms with Gasteiger partial charge in [-0.2, -0.15) is 0 Å². The van der Waals surface area contributed by atoms with E-state index in [-0.39, 0.29) is 19.0 Å². The summed E-state index contributed by atoms with van der Waals surface area (Å²) in [7, 11) is 0. The predicted molar refractivity (Wildman–Crippen MR) is 35.1 cm³/mol. The number of ketones is 1. The number of carbonyl (C=O) groups is 1. The highest BCUT2D eigenvalue weighted by atomic mass is 16.3. The Labute approximate surface area is 55.3 Å². The van der Waals surface area contributed by atoms with Crippen molar-refractivity contribution in [1.29, 1.82) is 0 Å². The maximum absolute atomic E-state index is 9.44. The summed E-state index contributed by atoms with van der Waals surface area (Å²) in [6, 6.07) is 0. The van der Waals surface area contributed by atoms with Crippen LogP contribution in [0, 0.1) is 0 Å². The molecule has 0 heterocycles. The van der Waals surface area contributed by atoms with Gasteiger partial charge in [0.05, 0.1) is 0 Å². The first kappa shape index (κ1) is 11.4. The molecule has 0 amide bonds. The molecule has 0 saturated heterocycles. The van der Waals surface area contributed by atoms with Crippen LogP contribution in [0.15, 0.2) is 0 Å². The average Bonchev–Trinajstić information content (AvgIpc) is 1.66. The fourth-order valence-corrected chi connectivity index (χ4v) is 0.0707. The molecule has 0 fully saturated rings. The summed E-state index contributed by atoms with van der Waals surface area (Å²) < 4.78 is 0. The Balaban J connectivity index is 0. The number of hydrogen-bond donors (Lipinski definition) is 2. The van der Waals surface area contributed by atoms with Crippen LogP contribution in [0.1, 0.15) is 20.3 Å². The second-order valence-electron chi connectivity index (χ2n) is 1.71. The Morgan fingerprint density at radius 1 is 1.22 bits per heavy atom. The number of carbonyl (C=O) groups excluding carboxylic acids is 1. The molecule has 0 atom stereocenters. The lowest BCUT2D eigenvalue weighted by atomic mass is 10.5. The van der Waals surface area contributed by atoms with E-state index in [1.54, 1.807) is 0 Å². The average molecular weight is 134 g/mol. The first-order valence-corrected chi connectivity index (χ1v) is 2.84. The van der Waals surface area contributed by atoms with Gasteiger partial charge < -0.3 is 15.0 Å². The zero-order chi connectivity index (χ0) is 7.70. The summed E-state index contributed by atoms with van der Waals surface area (Å²) >= 11 is 0. The molecular formula is C6H14O3. The molecule has 0 rings (SSSR count). The van der Waals surface area contributed by atoms with E-state index >= 15 is 0 Å². The summed E-state index contributed by atoms with van der Waals surface area (Å²) in [5.41, 5.74) is 0. The summed E-state index contributed by atoms with van der Waals surface area (Å²) in [5.74, 6) is 0.167. The number of Topliss-reactive ketones (excluding diaryl/α,β-unsaturated/α-hetero) is 1. The zero-order valence-corrected chi connectivity index (χ0v) is 5.92. The van der Waals surface area contributed by atoms with Gasteiger partial charge >= 0.3 is 0 Å². The van der Waals surface area contributed by atoms with Gasteiger partial charge in [-0.05, 0) is 20.3 Å². The molecule has 0 radical (unpaired) electrons. The van der Waals surface area contributed by atoms with E-state index in [4.69, 9.17) is 10.2 Å². The van der Waals surface area contributed by atoms with E-state index in [9.17, 15) is 4.79 Å². The minimum atomic E-state index is 0.0938. The van der Waals surface area contributed by atoms with Gasteiger partial charge in [0.1, 0.15) is 5.78 Å². The third-order valence-corrected chi connectivity index (χ3v) is 0.316. The smallest absolute Gasteiger partial charge is 0.126 e. The molecule has 56 valence electrons. The van der Waals surface area contributed by atoms with Crippen LogP contribution < -0.4 is 0 Å². The summed E-state index contributed by atoms with van der Waals surface area (Å²) in [5, 5.41) is 15.8. The SMILES string of the molecule is CC(C)=O.OCCCO. The van der Waals surface area contributed by atoms with Crippen LogP contribution in [-0.4, -0.2) is 29.2 Å². The molecule has 0 aliphatic heterocycles. The lowest BCUT2D eigenvalue weighted by molar-refractivity contribution is -0.114. The van der Waals surface area contributed by atoms with Crippen LogP contribution in [0.3, 0.4) is 0 Å². The van der Waals surface area contributed by atoms with Crippen molar-refractivity contribution in [3.63, 3.8) is 0 Å². The third-order valence-electron chi connectivity index (χ3n) is 0.316. The van der Waals surface area contributed by atoms with Crippen molar-refractivity contribution in [2.75, 3.05) is 13.2 Å². The van der Waals surface area contributed by atoms with Crippen LogP contribution in [-0.2, 0) is 4.79 Å². The molecule has 0 aromatic carbocycles. The van der Waals surface area contributed by atoms with Crippen molar-refractivity contribution in [2.45, 2.75) is 20.3 Å². The normalized spacial score (nSPS) is 7.56. The molecule has 0 aromatic heterocycles. The molecule has 9 heavy (non-hydrogen) atoms. The molecule has 2 N–H and O–H groups in total. The monoisotopic (exact) mass is 134 g/mol. The number of rotatable bonds is 2. The molecule has 0 aromatic rings. The Morgan fingerprint density at radius 2 is 1.44 bits per heavy atom. The van der Waals surface area contributed by atoms with Gasteiger partial charge in [-0.3, -0.25) is 0 Å². The maximum Gasteiger partial charge on any atom is 0.126 e. The van der Waals surface area contributed by atoms with Gasteiger partial charge in [0.25, 0.3) is 0 Å². The second-order valence-corrected chi connectivity index (χ2v) is 1.71. The highest BCUT2D eigenvalue weighted by molar-refractivity contribution is 5.72. The first-order valence-electron chi connectivity index (χ1n) is 2.84. The van der Waals surface area contributed by atoms with Gasteiger partial charge in [-0.15, -0.1) is 0 Å². The Kier molecular flexibility index (Phi) is 13.4. The quantitative estimate of drug-likeness (QED) is 0.557. The molecular weight excluding hydrogens is 120 g/mol. The largest absolute Gasteiger partial charge is 0.396 e. The van der Waals surface area contributed by atoms with Crippen LogP contribution in [0.2, 0.25) is 0 Å². The lowest BCUT2D eigenvalue weighted by Gasteiger charge is -1.79. The Morgan fingerprint density at radius 3 is 1.44 bits per heavy atom. The molecule has 3 nitrogen and oxygen atoms in total. The van der Waals surface area contributed by atoms with E-state index in [1.807, 2.05) is 0 Å². The third kappa shape index (κ3) is 93.8. The second kappa shape index (κ2) is 10.5. The fourth-order valence-electron chi connectivity index (χ4n) is 0.0707. The summed E-state index contributed by atoms with van der Waals surface area (Å²) in [6.45, 7) is 3.24. The number of hydrogen-bond acceptors (Lipinski definition) is 3. The van der Waals surface area contributed by atoms with Gasteiger partial charge in [-0.1, -0.05) is 0 Å². The van der Waals surface area contributed by atoms with Gasteiger partial charge in [0, 0.05) is 13.2 Å². The molecule has 0 aliphatic rings. The minimum Gasteiger partial charge on any atom is -0.396 e. The van der Waals surface area contributed by atoms with Crippen LogP contribution in [0.5, 0.6) is 0 Å². The van der Waals surface area contributed by atoms with Crippen molar-refractivity contribution >= 4 is 5.78 Å². The van der Waals surface area contributed by atoms with E-state index < -0.39 is 0 Å². The highest BCUT2D eigenvalue weighted by Gasteiger charge is 1.70. The van der Waals surface area contributed by atoms with Crippen molar-refractivity contribution in [3.8, 4) is 0 Å². The zero-order valence-electron chi connectivity index (χ0n) is 5.92. The first-order chi connectivity index (χ1) is 4.15. The lowest BCUT2D eigenvalue weighted by Crippen LogP contribution is -1.85. The van der Waals surface area contributed by atoms with Crippen molar-refractivity contribution < 1.29 is 15.0 Å².